The number of alkyl halides is 3. The summed E-state index contributed by atoms with van der Waals surface area (Å²) in [6.07, 6.45) is -1.06. The zero-order valence-electron chi connectivity index (χ0n) is 18.4. The summed E-state index contributed by atoms with van der Waals surface area (Å²) < 4.78 is 48.9. The number of nitrogens with one attached hydrogen (secondary N) is 2. The Labute approximate surface area is 203 Å². The summed E-state index contributed by atoms with van der Waals surface area (Å²) in [5.41, 5.74) is 1.35. The fraction of sp³-hybridized carbons (Fsp3) is 0.545. The first-order valence-corrected chi connectivity index (χ1v) is 10.7. The molecule has 10 heteroatoms. The first kappa shape index (κ1) is 24.8. The van der Waals surface area contributed by atoms with E-state index in [4.69, 9.17) is 4.74 Å². The predicted molar refractivity (Wildman–Crippen MR) is 128 cm³/mol. The molecule has 1 aromatic heterocycles. The molecule has 32 heavy (non-hydrogen) atoms. The maximum atomic E-state index is 13.8. The molecule has 6 nitrogen and oxygen atoms in total. The van der Waals surface area contributed by atoms with Gasteiger partial charge in [0.2, 0.25) is 0 Å². The van der Waals surface area contributed by atoms with Crippen LogP contribution < -0.4 is 10.6 Å². The number of hydrogen-bond acceptors (Lipinski definition) is 3. The Morgan fingerprint density at radius 2 is 2.03 bits per heavy atom. The molecule has 4 rings (SSSR count). The van der Waals surface area contributed by atoms with E-state index in [0.29, 0.717) is 18.2 Å². The minimum atomic E-state index is -4.48. The van der Waals surface area contributed by atoms with Crippen LogP contribution >= 0.6 is 24.0 Å². The van der Waals surface area contributed by atoms with Crippen molar-refractivity contribution in [3.8, 4) is 5.69 Å². The van der Waals surface area contributed by atoms with Crippen LogP contribution in [0.15, 0.2) is 29.3 Å². The van der Waals surface area contributed by atoms with Gasteiger partial charge in [-0.3, -0.25) is 0 Å². The summed E-state index contributed by atoms with van der Waals surface area (Å²) >= 11 is 0. The minimum absolute atomic E-state index is 0. The number of guanidine groups is 1. The Morgan fingerprint density at radius 3 is 2.59 bits per heavy atom. The van der Waals surface area contributed by atoms with Crippen molar-refractivity contribution in [2.24, 2.45) is 4.99 Å². The van der Waals surface area contributed by atoms with Crippen molar-refractivity contribution in [1.29, 1.82) is 0 Å². The van der Waals surface area contributed by atoms with Crippen molar-refractivity contribution in [2.75, 3.05) is 6.54 Å². The highest BCUT2D eigenvalue weighted by atomic mass is 127. The van der Waals surface area contributed by atoms with Crippen LogP contribution in [-0.2, 0) is 17.5 Å². The molecule has 2 aliphatic heterocycles. The molecule has 0 aliphatic carbocycles. The highest BCUT2D eigenvalue weighted by Crippen LogP contribution is 2.35. The fourth-order valence-corrected chi connectivity index (χ4v) is 4.44. The largest absolute Gasteiger partial charge is 0.416 e. The van der Waals surface area contributed by atoms with Gasteiger partial charge in [0, 0.05) is 12.2 Å². The second kappa shape index (κ2) is 9.98. The summed E-state index contributed by atoms with van der Waals surface area (Å²) in [6.45, 7) is 6.10. The normalized spacial score (nSPS) is 22.7. The standard InChI is InChI=1S/C22H28F3N5O.HI/c1-4-26-21(28-19-11-17-7-8-20(19)31-17)27-12-15-5-6-16(10-18(15)22(23,24)25)30-14(3)9-13(2)29-30;/h5-6,9-10,17,19-20H,4,7-8,11-12H2,1-3H3,(H2,26,27,28);1H. The van der Waals surface area contributed by atoms with Gasteiger partial charge in [0.05, 0.1) is 41.7 Å². The highest BCUT2D eigenvalue weighted by molar-refractivity contribution is 14.0. The zero-order chi connectivity index (χ0) is 22.2. The van der Waals surface area contributed by atoms with Crippen LogP contribution in [0.3, 0.4) is 0 Å². The lowest BCUT2D eigenvalue weighted by molar-refractivity contribution is -0.138. The van der Waals surface area contributed by atoms with Crippen molar-refractivity contribution < 1.29 is 17.9 Å². The van der Waals surface area contributed by atoms with E-state index in [-0.39, 0.29) is 54.3 Å². The van der Waals surface area contributed by atoms with E-state index in [2.05, 4.69) is 20.7 Å². The Balaban J connectivity index is 0.00000289. The predicted octanol–water partition coefficient (Wildman–Crippen LogP) is 4.50. The van der Waals surface area contributed by atoms with Gasteiger partial charge >= 0.3 is 6.18 Å². The van der Waals surface area contributed by atoms with Gasteiger partial charge in [-0.05, 0) is 63.8 Å². The third-order valence-corrected chi connectivity index (χ3v) is 5.83. The smallest absolute Gasteiger partial charge is 0.373 e. The molecule has 2 N–H and O–H groups in total. The molecule has 2 aliphatic rings. The number of nitrogens with zero attached hydrogens (tertiary/aromatic N) is 3. The second-order valence-electron chi connectivity index (χ2n) is 8.23. The maximum absolute atomic E-state index is 13.8. The van der Waals surface area contributed by atoms with Gasteiger partial charge in [0.1, 0.15) is 0 Å². The highest BCUT2D eigenvalue weighted by Gasteiger charge is 2.41. The molecule has 2 saturated heterocycles. The Hall–Kier alpha value is -1.82. The lowest BCUT2D eigenvalue weighted by atomic mass is 9.96. The Kier molecular flexibility index (Phi) is 7.74. The summed E-state index contributed by atoms with van der Waals surface area (Å²) in [4.78, 5) is 4.45. The van der Waals surface area contributed by atoms with Crippen LogP contribution in [0.2, 0.25) is 0 Å². The van der Waals surface area contributed by atoms with Gasteiger partial charge < -0.3 is 15.4 Å². The molecule has 2 bridgehead atoms. The molecule has 3 unspecified atom stereocenters. The number of aromatic nitrogens is 2. The molecule has 1 aromatic carbocycles. The first-order chi connectivity index (χ1) is 14.7. The van der Waals surface area contributed by atoms with Crippen molar-refractivity contribution in [3.05, 3.63) is 46.8 Å². The quantitative estimate of drug-likeness (QED) is 0.320. The number of benzene rings is 1. The Morgan fingerprint density at radius 1 is 1.25 bits per heavy atom. The number of fused-ring (bicyclic) bond motifs is 2. The van der Waals surface area contributed by atoms with Gasteiger partial charge in [-0.2, -0.15) is 18.3 Å². The number of ether oxygens (including phenoxy) is 1. The molecular formula is C22H29F3IN5O. The monoisotopic (exact) mass is 563 g/mol. The number of rotatable bonds is 5. The van der Waals surface area contributed by atoms with Gasteiger partial charge in [0.25, 0.3) is 0 Å². The van der Waals surface area contributed by atoms with Gasteiger partial charge in [0.15, 0.2) is 5.96 Å². The molecule has 0 spiro atoms. The summed E-state index contributed by atoms with van der Waals surface area (Å²) in [5.74, 6) is 0.513. The van der Waals surface area contributed by atoms with Crippen LogP contribution in [0.4, 0.5) is 13.2 Å². The lowest BCUT2D eigenvalue weighted by Crippen LogP contribution is -2.47. The van der Waals surface area contributed by atoms with Crippen molar-refractivity contribution in [3.63, 3.8) is 0 Å². The summed E-state index contributed by atoms with van der Waals surface area (Å²) in [6, 6.07) is 6.27. The maximum Gasteiger partial charge on any atom is 0.416 e. The lowest BCUT2D eigenvalue weighted by Gasteiger charge is -2.23. The van der Waals surface area contributed by atoms with E-state index >= 15 is 0 Å². The molecule has 3 heterocycles. The minimum Gasteiger partial charge on any atom is -0.373 e. The van der Waals surface area contributed by atoms with E-state index in [9.17, 15) is 13.2 Å². The molecular weight excluding hydrogens is 534 g/mol. The van der Waals surface area contributed by atoms with E-state index in [1.54, 1.807) is 6.07 Å². The average molecular weight is 563 g/mol. The number of halogens is 4. The van der Waals surface area contributed by atoms with Gasteiger partial charge in [-0.15, -0.1) is 24.0 Å². The van der Waals surface area contributed by atoms with Crippen LogP contribution in [0.1, 0.15) is 48.7 Å². The van der Waals surface area contributed by atoms with E-state index in [0.717, 1.165) is 36.7 Å². The summed E-state index contributed by atoms with van der Waals surface area (Å²) in [5, 5.41) is 10.8. The number of aryl methyl sites for hydroxylation is 2. The fourth-order valence-electron chi connectivity index (χ4n) is 4.44. The number of aliphatic imine (C=N–C) groups is 1. The third-order valence-electron chi connectivity index (χ3n) is 5.83. The third kappa shape index (κ3) is 5.38. The van der Waals surface area contributed by atoms with Crippen molar-refractivity contribution >= 4 is 29.9 Å². The molecule has 0 radical (unpaired) electrons. The topological polar surface area (TPSA) is 63.5 Å². The zero-order valence-corrected chi connectivity index (χ0v) is 20.7. The molecule has 176 valence electrons. The Bertz CT molecular complexity index is 975. The molecule has 3 atom stereocenters. The van der Waals surface area contributed by atoms with E-state index < -0.39 is 11.7 Å². The van der Waals surface area contributed by atoms with Crippen LogP contribution in [0.5, 0.6) is 0 Å². The van der Waals surface area contributed by atoms with Crippen molar-refractivity contribution in [2.45, 2.75) is 71.0 Å². The molecule has 0 saturated carbocycles. The molecule has 0 amide bonds. The number of hydrogen-bond donors (Lipinski definition) is 2. The van der Waals surface area contributed by atoms with Crippen LogP contribution in [0.25, 0.3) is 5.69 Å². The van der Waals surface area contributed by atoms with Crippen molar-refractivity contribution in [1.82, 2.24) is 20.4 Å². The van der Waals surface area contributed by atoms with E-state index in [1.807, 2.05) is 26.8 Å². The van der Waals surface area contributed by atoms with E-state index in [1.165, 1.54) is 10.7 Å². The summed E-state index contributed by atoms with van der Waals surface area (Å²) in [7, 11) is 0. The second-order valence-corrected chi connectivity index (χ2v) is 8.23. The molecule has 2 aromatic rings. The first-order valence-electron chi connectivity index (χ1n) is 10.7. The van der Waals surface area contributed by atoms with Gasteiger partial charge in [-0.1, -0.05) is 6.07 Å². The van der Waals surface area contributed by atoms with Crippen LogP contribution in [0, 0.1) is 13.8 Å². The SMILES string of the molecule is CCNC(=NCc1ccc(-n2nc(C)cc2C)cc1C(F)(F)F)NC1CC2CCC1O2.I. The van der Waals surface area contributed by atoms with Gasteiger partial charge in [-0.25, -0.2) is 9.67 Å². The average Bonchev–Trinajstić information content (AvgIpc) is 3.41. The van der Waals surface area contributed by atoms with Crippen LogP contribution in [-0.4, -0.2) is 40.5 Å². The molecule has 2 fully saturated rings.